The van der Waals surface area contributed by atoms with Crippen molar-refractivity contribution in [2.45, 2.75) is 13.5 Å². The standard InChI is InChI=1S/C13H13F2NS/c1-8-3-12(15)10(5-11(8)14)13-4-9(6-16-2)7-17-13/h3-5,7,16H,6H2,1-2H3. The number of nitrogens with one attached hydrogen (secondary N) is 1. The molecule has 0 aliphatic carbocycles. The molecule has 0 saturated heterocycles. The van der Waals surface area contributed by atoms with Crippen LogP contribution < -0.4 is 5.32 Å². The highest BCUT2D eigenvalue weighted by molar-refractivity contribution is 7.13. The summed E-state index contributed by atoms with van der Waals surface area (Å²) in [6.45, 7) is 2.29. The Morgan fingerprint density at radius 2 is 1.94 bits per heavy atom. The lowest BCUT2D eigenvalue weighted by Crippen LogP contribution is -2.03. The van der Waals surface area contributed by atoms with Crippen LogP contribution in [-0.2, 0) is 6.54 Å². The van der Waals surface area contributed by atoms with Gasteiger partial charge in [0.1, 0.15) is 11.6 Å². The smallest absolute Gasteiger partial charge is 0.132 e. The fourth-order valence-electron chi connectivity index (χ4n) is 1.65. The Hall–Kier alpha value is -1.26. The Labute approximate surface area is 103 Å². The first kappa shape index (κ1) is 12.2. The molecule has 2 rings (SSSR count). The van der Waals surface area contributed by atoms with Gasteiger partial charge in [0.05, 0.1) is 0 Å². The van der Waals surface area contributed by atoms with Crippen molar-refractivity contribution < 1.29 is 8.78 Å². The third-order valence-electron chi connectivity index (χ3n) is 2.55. The number of hydrogen-bond acceptors (Lipinski definition) is 2. The van der Waals surface area contributed by atoms with E-state index in [0.717, 1.165) is 17.0 Å². The van der Waals surface area contributed by atoms with Crippen LogP contribution in [0.15, 0.2) is 23.6 Å². The van der Waals surface area contributed by atoms with Crippen LogP contribution in [0.1, 0.15) is 11.1 Å². The van der Waals surface area contributed by atoms with Crippen LogP contribution in [0.4, 0.5) is 8.78 Å². The molecular weight excluding hydrogens is 240 g/mol. The third-order valence-corrected chi connectivity index (χ3v) is 3.56. The summed E-state index contributed by atoms with van der Waals surface area (Å²) < 4.78 is 27.2. The SMILES string of the molecule is CNCc1csc(-c2cc(F)c(C)cc2F)c1. The third kappa shape index (κ3) is 2.53. The Balaban J connectivity index is 2.41. The zero-order valence-corrected chi connectivity index (χ0v) is 10.5. The normalized spacial score (nSPS) is 10.8. The minimum atomic E-state index is -0.373. The van der Waals surface area contributed by atoms with Gasteiger partial charge in [0.2, 0.25) is 0 Å². The van der Waals surface area contributed by atoms with Crippen molar-refractivity contribution in [3.05, 3.63) is 46.3 Å². The highest BCUT2D eigenvalue weighted by Gasteiger charge is 2.11. The maximum absolute atomic E-state index is 13.7. The Kier molecular flexibility index (Phi) is 3.54. The number of thiophene rings is 1. The second-order valence-corrected chi connectivity index (χ2v) is 4.84. The highest BCUT2D eigenvalue weighted by Crippen LogP contribution is 2.30. The van der Waals surface area contributed by atoms with Gasteiger partial charge < -0.3 is 5.32 Å². The molecule has 1 aromatic carbocycles. The van der Waals surface area contributed by atoms with Crippen LogP contribution in [0.5, 0.6) is 0 Å². The van der Waals surface area contributed by atoms with Crippen LogP contribution in [0.25, 0.3) is 10.4 Å². The maximum Gasteiger partial charge on any atom is 0.132 e. The molecule has 0 saturated carbocycles. The fraction of sp³-hybridized carbons (Fsp3) is 0.231. The molecule has 0 fully saturated rings. The van der Waals surface area contributed by atoms with Crippen LogP contribution in [0, 0.1) is 18.6 Å². The van der Waals surface area contributed by atoms with Gasteiger partial charge in [-0.25, -0.2) is 8.78 Å². The van der Waals surface area contributed by atoms with Gasteiger partial charge >= 0.3 is 0 Å². The van der Waals surface area contributed by atoms with Crippen LogP contribution >= 0.6 is 11.3 Å². The van der Waals surface area contributed by atoms with E-state index in [1.807, 2.05) is 18.5 Å². The minimum Gasteiger partial charge on any atom is -0.316 e. The molecule has 1 aromatic heterocycles. The predicted molar refractivity (Wildman–Crippen MR) is 67.2 cm³/mol. The highest BCUT2D eigenvalue weighted by atomic mass is 32.1. The molecule has 17 heavy (non-hydrogen) atoms. The van der Waals surface area contributed by atoms with E-state index in [4.69, 9.17) is 0 Å². The predicted octanol–water partition coefficient (Wildman–Crippen LogP) is 3.72. The van der Waals surface area contributed by atoms with Gasteiger partial charge in [-0.15, -0.1) is 11.3 Å². The quantitative estimate of drug-likeness (QED) is 0.879. The van der Waals surface area contributed by atoms with E-state index >= 15 is 0 Å². The van der Waals surface area contributed by atoms with E-state index in [9.17, 15) is 8.78 Å². The molecule has 1 heterocycles. The van der Waals surface area contributed by atoms with Gasteiger partial charge in [-0.3, -0.25) is 0 Å². The molecule has 0 radical (unpaired) electrons. The lowest BCUT2D eigenvalue weighted by atomic mass is 10.1. The van der Waals surface area contributed by atoms with Crippen molar-refractivity contribution in [2.75, 3.05) is 7.05 Å². The topological polar surface area (TPSA) is 12.0 Å². The number of aryl methyl sites for hydroxylation is 1. The number of halogens is 2. The Bertz CT molecular complexity index is 534. The Morgan fingerprint density at radius 3 is 2.65 bits per heavy atom. The van der Waals surface area contributed by atoms with Crippen molar-refractivity contribution in [2.24, 2.45) is 0 Å². The second kappa shape index (κ2) is 4.94. The fourth-order valence-corrected chi connectivity index (χ4v) is 2.58. The molecule has 0 atom stereocenters. The van der Waals surface area contributed by atoms with Crippen LogP contribution in [-0.4, -0.2) is 7.05 Å². The first-order valence-electron chi connectivity index (χ1n) is 5.30. The summed E-state index contributed by atoms with van der Waals surface area (Å²) in [4.78, 5) is 0.756. The van der Waals surface area contributed by atoms with Gasteiger partial charge in [-0.2, -0.15) is 0 Å². The monoisotopic (exact) mass is 253 g/mol. The summed E-state index contributed by atoms with van der Waals surface area (Å²) in [6, 6.07) is 4.39. The average Bonchev–Trinajstić information content (AvgIpc) is 2.72. The average molecular weight is 253 g/mol. The number of hydrogen-bond donors (Lipinski definition) is 1. The number of benzene rings is 1. The van der Waals surface area contributed by atoms with Gasteiger partial charge in [0.15, 0.2) is 0 Å². The van der Waals surface area contributed by atoms with E-state index < -0.39 is 0 Å². The molecule has 90 valence electrons. The minimum absolute atomic E-state index is 0.332. The first-order valence-corrected chi connectivity index (χ1v) is 6.18. The summed E-state index contributed by atoms with van der Waals surface area (Å²) in [5.41, 5.74) is 1.74. The zero-order valence-electron chi connectivity index (χ0n) is 9.68. The molecule has 2 aromatic rings. The lowest BCUT2D eigenvalue weighted by Gasteiger charge is -2.03. The molecular formula is C13H13F2NS. The number of rotatable bonds is 3. The van der Waals surface area contributed by atoms with E-state index in [0.29, 0.717) is 11.1 Å². The van der Waals surface area contributed by atoms with Gasteiger partial charge in [0, 0.05) is 17.0 Å². The molecule has 0 spiro atoms. The van der Waals surface area contributed by atoms with Crippen LogP contribution in [0.3, 0.4) is 0 Å². The van der Waals surface area contributed by atoms with Crippen molar-refractivity contribution >= 4 is 11.3 Å². The molecule has 0 bridgehead atoms. The molecule has 0 aliphatic heterocycles. The van der Waals surface area contributed by atoms with Crippen molar-refractivity contribution in [3.63, 3.8) is 0 Å². The van der Waals surface area contributed by atoms with E-state index in [2.05, 4.69) is 5.32 Å². The van der Waals surface area contributed by atoms with E-state index in [1.165, 1.54) is 23.5 Å². The maximum atomic E-state index is 13.7. The first-order chi connectivity index (χ1) is 8.11. The zero-order chi connectivity index (χ0) is 12.4. The van der Waals surface area contributed by atoms with Crippen LogP contribution in [0.2, 0.25) is 0 Å². The second-order valence-electron chi connectivity index (χ2n) is 3.93. The Morgan fingerprint density at radius 1 is 1.18 bits per heavy atom. The molecule has 1 N–H and O–H groups in total. The largest absolute Gasteiger partial charge is 0.316 e. The summed E-state index contributed by atoms with van der Waals surface area (Å²) in [7, 11) is 1.85. The summed E-state index contributed by atoms with van der Waals surface area (Å²) in [5, 5.41) is 4.97. The van der Waals surface area contributed by atoms with E-state index in [1.54, 1.807) is 6.92 Å². The molecule has 0 aliphatic rings. The molecule has 0 unspecified atom stereocenters. The summed E-state index contributed by atoms with van der Waals surface area (Å²) in [6.07, 6.45) is 0. The van der Waals surface area contributed by atoms with E-state index in [-0.39, 0.29) is 11.6 Å². The lowest BCUT2D eigenvalue weighted by molar-refractivity contribution is 0.595. The summed E-state index contributed by atoms with van der Waals surface area (Å²) in [5.74, 6) is -0.744. The van der Waals surface area contributed by atoms with Crippen molar-refractivity contribution in [3.8, 4) is 10.4 Å². The summed E-state index contributed by atoms with van der Waals surface area (Å²) >= 11 is 1.42. The molecule has 1 nitrogen and oxygen atoms in total. The van der Waals surface area contributed by atoms with Gasteiger partial charge in [0.25, 0.3) is 0 Å². The van der Waals surface area contributed by atoms with Crippen molar-refractivity contribution in [1.82, 2.24) is 5.32 Å². The van der Waals surface area contributed by atoms with Crippen molar-refractivity contribution in [1.29, 1.82) is 0 Å². The van der Waals surface area contributed by atoms with Gasteiger partial charge in [-0.1, -0.05) is 0 Å². The van der Waals surface area contributed by atoms with Gasteiger partial charge in [-0.05, 0) is 48.7 Å². The molecule has 0 amide bonds. The molecule has 4 heteroatoms.